The van der Waals surface area contributed by atoms with Crippen molar-refractivity contribution in [2.24, 2.45) is 0 Å². The molecule has 0 unspecified atom stereocenters. The van der Waals surface area contributed by atoms with Crippen molar-refractivity contribution in [1.82, 2.24) is 14.1 Å². The predicted octanol–water partition coefficient (Wildman–Crippen LogP) is 13.3. The van der Waals surface area contributed by atoms with Gasteiger partial charge in [0.1, 0.15) is 5.82 Å². The van der Waals surface area contributed by atoms with Crippen molar-refractivity contribution >= 4 is 44.2 Å². The van der Waals surface area contributed by atoms with Crippen LogP contribution in [0.3, 0.4) is 0 Å². The van der Waals surface area contributed by atoms with E-state index in [0.29, 0.717) is 11.5 Å². The Kier molecular flexibility index (Phi) is 10.1. The SMILES string of the molecule is CC(C)(C)c1cc(N2C=CN(c3[c-]c(Oc4[c-]c5c(cc4)c4c(c6ccccc6n4-c4ccccc4)n5-c4cc(C(C)(C)C)ccn4)ccc3)[CH-]2)cc(C(C)(C)C)c1.[Pd]. The van der Waals surface area contributed by atoms with E-state index in [1.165, 1.54) is 16.7 Å². The number of hydrogen-bond donors (Lipinski definition) is 0. The maximum atomic E-state index is 6.62. The molecule has 4 heterocycles. The number of ether oxygens (including phenoxy) is 1. The van der Waals surface area contributed by atoms with Crippen molar-refractivity contribution in [3.63, 3.8) is 0 Å². The molecule has 8 aromatic rings. The van der Waals surface area contributed by atoms with E-state index in [1.807, 2.05) is 24.4 Å². The van der Waals surface area contributed by atoms with Gasteiger partial charge in [0.05, 0.1) is 11.0 Å². The van der Waals surface area contributed by atoms with Crippen LogP contribution < -0.4 is 14.5 Å². The largest absolute Gasteiger partial charge is 0.509 e. The normalized spacial score (nSPS) is 13.5. The van der Waals surface area contributed by atoms with Gasteiger partial charge in [-0.1, -0.05) is 116 Å². The minimum Gasteiger partial charge on any atom is -0.509 e. The summed E-state index contributed by atoms with van der Waals surface area (Å²) in [6, 6.07) is 47.8. The molecule has 5 aromatic carbocycles. The first-order valence-electron chi connectivity index (χ1n) is 20.1. The number of pyridine rings is 1. The Morgan fingerprint density at radius 2 is 1.19 bits per heavy atom. The van der Waals surface area contributed by atoms with Crippen molar-refractivity contribution in [3.8, 4) is 23.0 Å². The second-order valence-corrected chi connectivity index (χ2v) is 18.5. The first-order chi connectivity index (χ1) is 27.6. The van der Waals surface area contributed by atoms with E-state index in [-0.39, 0.29) is 36.7 Å². The summed E-state index contributed by atoms with van der Waals surface area (Å²) in [6.45, 7) is 22.4. The average molecular weight is 867 g/mol. The van der Waals surface area contributed by atoms with Crippen LogP contribution in [0.4, 0.5) is 11.4 Å². The average Bonchev–Trinajstić information content (AvgIpc) is 3.90. The molecule has 3 aromatic heterocycles. The molecular weight excluding hydrogens is 817 g/mol. The predicted molar refractivity (Wildman–Crippen MR) is 241 cm³/mol. The minimum atomic E-state index is -0.0541. The van der Waals surface area contributed by atoms with Crippen LogP contribution >= 0.6 is 0 Å². The zero-order valence-corrected chi connectivity index (χ0v) is 36.8. The van der Waals surface area contributed by atoms with Gasteiger partial charge in [0.25, 0.3) is 0 Å². The second kappa shape index (κ2) is 14.9. The number of benzene rings is 5. The Labute approximate surface area is 362 Å². The minimum absolute atomic E-state index is 0. The smallest absolute Gasteiger partial charge is 0.135 e. The van der Waals surface area contributed by atoms with Crippen molar-refractivity contribution in [1.29, 1.82) is 0 Å². The number of aromatic nitrogens is 3. The van der Waals surface area contributed by atoms with Gasteiger partial charge in [-0.15, -0.1) is 42.7 Å². The molecule has 0 N–H and O–H groups in total. The van der Waals surface area contributed by atoms with Gasteiger partial charge in [-0.2, -0.15) is 12.1 Å². The molecule has 0 fully saturated rings. The van der Waals surface area contributed by atoms with Gasteiger partial charge in [-0.05, 0) is 87.8 Å². The number of anilines is 2. The molecule has 59 heavy (non-hydrogen) atoms. The van der Waals surface area contributed by atoms with Crippen molar-refractivity contribution in [2.45, 2.75) is 78.6 Å². The third kappa shape index (κ3) is 7.48. The fourth-order valence-electron chi connectivity index (χ4n) is 7.82. The Bertz CT molecular complexity index is 2830. The van der Waals surface area contributed by atoms with Gasteiger partial charge in [-0.25, -0.2) is 4.98 Å². The van der Waals surface area contributed by atoms with E-state index in [0.717, 1.165) is 55.7 Å². The van der Waals surface area contributed by atoms with E-state index in [9.17, 15) is 0 Å². The number of para-hydroxylation sites is 2. The van der Waals surface area contributed by atoms with Crippen LogP contribution in [0.1, 0.15) is 79.0 Å². The molecule has 0 atom stereocenters. The van der Waals surface area contributed by atoms with Gasteiger partial charge in [0.2, 0.25) is 0 Å². The van der Waals surface area contributed by atoms with Gasteiger partial charge < -0.3 is 23.7 Å². The van der Waals surface area contributed by atoms with Crippen LogP contribution in [0.5, 0.6) is 11.5 Å². The van der Waals surface area contributed by atoms with Gasteiger partial charge in [0, 0.05) is 60.4 Å². The van der Waals surface area contributed by atoms with Crippen LogP contribution in [-0.4, -0.2) is 14.1 Å². The molecule has 1 aliphatic rings. The number of rotatable bonds is 6. The fourth-order valence-corrected chi connectivity index (χ4v) is 7.82. The standard InChI is InChI=1S/C52H50N5O.Pd/c1-50(2,3)35-24-25-53-47(31-35)57-46-33-42(22-23-44(46)48-49(57)43-20-13-14-21-45(43)56(48)38-16-11-10-12-17-38)58-41-19-15-18-39(32-41)54-26-27-55(34-54)40-29-36(51(4,5)6)28-37(30-40)52(7,8)9;/h10-31,34H,1-9H3;/q-3;. The quantitative estimate of drug-likeness (QED) is 0.123. The molecule has 302 valence electrons. The first-order valence-corrected chi connectivity index (χ1v) is 20.1. The first kappa shape index (κ1) is 40.2. The fraction of sp³-hybridized carbons (Fsp3) is 0.231. The maximum Gasteiger partial charge on any atom is 0.135 e. The van der Waals surface area contributed by atoms with Crippen molar-refractivity contribution < 1.29 is 25.2 Å². The van der Waals surface area contributed by atoms with Crippen LogP contribution in [-0.2, 0) is 36.7 Å². The van der Waals surface area contributed by atoms with E-state index >= 15 is 0 Å². The monoisotopic (exact) mass is 866 g/mol. The summed E-state index contributed by atoms with van der Waals surface area (Å²) in [5.41, 5.74) is 11.2. The third-order valence-electron chi connectivity index (χ3n) is 11.1. The Morgan fingerprint density at radius 3 is 1.90 bits per heavy atom. The van der Waals surface area contributed by atoms with Crippen LogP contribution in [0.25, 0.3) is 44.3 Å². The summed E-state index contributed by atoms with van der Waals surface area (Å²) in [5, 5.41) is 2.20. The topological polar surface area (TPSA) is 38.5 Å². The molecule has 0 saturated carbocycles. The molecule has 0 aliphatic carbocycles. The van der Waals surface area contributed by atoms with E-state index in [1.54, 1.807) is 0 Å². The summed E-state index contributed by atoms with van der Waals surface area (Å²) >= 11 is 0. The Balaban J connectivity index is 0.00000484. The summed E-state index contributed by atoms with van der Waals surface area (Å²) in [6.07, 6.45) is 6.09. The molecule has 0 amide bonds. The summed E-state index contributed by atoms with van der Waals surface area (Å²) in [5.74, 6) is 2.04. The van der Waals surface area contributed by atoms with E-state index < -0.39 is 0 Å². The Morgan fingerprint density at radius 1 is 0.542 bits per heavy atom. The number of nitrogens with zero attached hydrogens (tertiary/aromatic N) is 5. The number of fused-ring (bicyclic) bond motifs is 5. The van der Waals surface area contributed by atoms with E-state index in [2.05, 4.69) is 210 Å². The molecule has 6 nitrogen and oxygen atoms in total. The van der Waals surface area contributed by atoms with Gasteiger partial charge in [-0.3, -0.25) is 0 Å². The molecule has 0 bridgehead atoms. The summed E-state index contributed by atoms with van der Waals surface area (Å²) < 4.78 is 11.2. The van der Waals surface area contributed by atoms with Gasteiger partial charge >= 0.3 is 0 Å². The van der Waals surface area contributed by atoms with Crippen LogP contribution in [0, 0.1) is 18.8 Å². The number of hydrogen-bond acceptors (Lipinski definition) is 4. The molecule has 0 spiro atoms. The van der Waals surface area contributed by atoms with Crippen LogP contribution in [0.15, 0.2) is 134 Å². The Hall–Kier alpha value is -5.61. The van der Waals surface area contributed by atoms with E-state index in [4.69, 9.17) is 9.72 Å². The summed E-state index contributed by atoms with van der Waals surface area (Å²) in [7, 11) is 0. The molecule has 1 aliphatic heterocycles. The summed E-state index contributed by atoms with van der Waals surface area (Å²) in [4.78, 5) is 9.25. The third-order valence-corrected chi connectivity index (χ3v) is 11.1. The molecule has 9 rings (SSSR count). The van der Waals surface area contributed by atoms with Crippen LogP contribution in [0.2, 0.25) is 0 Å². The molecule has 0 saturated heterocycles. The molecule has 7 heteroatoms. The van der Waals surface area contributed by atoms with Gasteiger partial charge in [0.15, 0.2) is 0 Å². The zero-order valence-electron chi connectivity index (χ0n) is 35.2. The molecular formula is C52H50N5OPd-3. The maximum absolute atomic E-state index is 6.62. The second-order valence-electron chi connectivity index (χ2n) is 18.5. The van der Waals surface area contributed by atoms with Crippen molar-refractivity contribution in [2.75, 3.05) is 9.80 Å². The zero-order chi connectivity index (χ0) is 40.6. The molecule has 0 radical (unpaired) electrons. The van der Waals surface area contributed by atoms with Crippen molar-refractivity contribution in [3.05, 3.63) is 169 Å².